The normalized spacial score (nSPS) is 29.1. The van der Waals surface area contributed by atoms with Crippen molar-refractivity contribution in [2.24, 2.45) is 17.6 Å². The molecule has 2 aliphatic carbocycles. The molecule has 2 heteroatoms. The first-order valence-corrected chi connectivity index (χ1v) is 5.91. The predicted molar refractivity (Wildman–Crippen MR) is 56.8 cm³/mol. The van der Waals surface area contributed by atoms with Crippen molar-refractivity contribution in [2.45, 2.75) is 63.6 Å². The molecule has 2 aliphatic rings. The van der Waals surface area contributed by atoms with Gasteiger partial charge < -0.3 is 5.73 Å². The summed E-state index contributed by atoms with van der Waals surface area (Å²) in [5.41, 5.74) is 4.96. The Balaban J connectivity index is 2.13. The molecule has 1 nitrogen and oxygen atoms in total. The van der Waals surface area contributed by atoms with Gasteiger partial charge in [0.15, 0.2) is 0 Å². The highest BCUT2D eigenvalue weighted by molar-refractivity contribution is 5.10. The van der Waals surface area contributed by atoms with Gasteiger partial charge in [-0.1, -0.05) is 12.8 Å². The van der Waals surface area contributed by atoms with Crippen LogP contribution in [0.3, 0.4) is 0 Å². The monoisotopic (exact) mass is 199 g/mol. The fourth-order valence-corrected chi connectivity index (χ4v) is 3.46. The van der Waals surface area contributed by atoms with Crippen LogP contribution in [0.5, 0.6) is 0 Å². The average Bonchev–Trinajstić information content (AvgIpc) is 2.60. The molecule has 1 unspecified atom stereocenters. The van der Waals surface area contributed by atoms with Crippen molar-refractivity contribution in [2.75, 3.05) is 0 Å². The van der Waals surface area contributed by atoms with Crippen molar-refractivity contribution in [1.82, 2.24) is 0 Å². The molecule has 0 aliphatic heterocycles. The fraction of sp³-hybridized carbons (Fsp3) is 1.00. The molecule has 2 N–H and O–H groups in total. The van der Waals surface area contributed by atoms with Crippen LogP contribution in [0.1, 0.15) is 52.4 Å². The van der Waals surface area contributed by atoms with E-state index in [-0.39, 0.29) is 11.5 Å². The Morgan fingerprint density at radius 1 is 1.29 bits per heavy atom. The van der Waals surface area contributed by atoms with Crippen molar-refractivity contribution in [3.63, 3.8) is 0 Å². The van der Waals surface area contributed by atoms with Crippen molar-refractivity contribution in [1.29, 1.82) is 0 Å². The Kier molecular flexibility index (Phi) is 2.37. The summed E-state index contributed by atoms with van der Waals surface area (Å²) in [6.07, 6.45) is 6.98. The molecule has 0 aromatic heterocycles. The van der Waals surface area contributed by atoms with Crippen molar-refractivity contribution in [3.05, 3.63) is 0 Å². The van der Waals surface area contributed by atoms with E-state index in [1.807, 2.05) is 0 Å². The van der Waals surface area contributed by atoms with Crippen LogP contribution < -0.4 is 5.73 Å². The van der Waals surface area contributed by atoms with E-state index in [0.29, 0.717) is 5.92 Å². The molecule has 0 spiro atoms. The molecule has 0 amide bonds. The Labute approximate surface area is 86.2 Å². The maximum atomic E-state index is 14.2. The largest absolute Gasteiger partial charge is 0.325 e. The topological polar surface area (TPSA) is 26.0 Å². The number of halogens is 1. The van der Waals surface area contributed by atoms with E-state index in [2.05, 4.69) is 0 Å². The molecular formula is C12H22FN. The van der Waals surface area contributed by atoms with E-state index < -0.39 is 5.67 Å². The van der Waals surface area contributed by atoms with Crippen LogP contribution in [-0.2, 0) is 0 Å². The highest BCUT2D eigenvalue weighted by Crippen LogP contribution is 2.52. The van der Waals surface area contributed by atoms with E-state index in [9.17, 15) is 4.39 Å². The van der Waals surface area contributed by atoms with E-state index in [0.717, 1.165) is 12.8 Å². The van der Waals surface area contributed by atoms with Crippen molar-refractivity contribution < 1.29 is 4.39 Å². The third-order valence-corrected chi connectivity index (χ3v) is 4.06. The zero-order chi connectivity index (χ0) is 10.4. The standard InChI is InChI=1S/C12H22FN/c1-11(2,13)10(12(14)7-8-12)9-5-3-4-6-9/h9-10H,3-8,14H2,1-2H3. The molecule has 0 radical (unpaired) electrons. The Morgan fingerprint density at radius 2 is 1.79 bits per heavy atom. The molecule has 1 atom stereocenters. The van der Waals surface area contributed by atoms with E-state index >= 15 is 0 Å². The molecular weight excluding hydrogens is 177 g/mol. The lowest BCUT2D eigenvalue weighted by molar-refractivity contribution is 0.0527. The molecule has 2 fully saturated rings. The lowest BCUT2D eigenvalue weighted by atomic mass is 9.74. The van der Waals surface area contributed by atoms with Crippen molar-refractivity contribution in [3.8, 4) is 0 Å². The van der Waals surface area contributed by atoms with Gasteiger partial charge in [0.1, 0.15) is 5.67 Å². The smallest absolute Gasteiger partial charge is 0.110 e. The summed E-state index contributed by atoms with van der Waals surface area (Å²) in [5, 5.41) is 0. The summed E-state index contributed by atoms with van der Waals surface area (Å²) in [5.74, 6) is 0.639. The average molecular weight is 199 g/mol. The van der Waals surface area contributed by atoms with Gasteiger partial charge in [-0.05, 0) is 45.4 Å². The maximum absolute atomic E-state index is 14.2. The highest BCUT2D eigenvalue weighted by Gasteiger charge is 2.55. The minimum atomic E-state index is -1.10. The summed E-state index contributed by atoms with van der Waals surface area (Å²) in [4.78, 5) is 0. The first-order chi connectivity index (χ1) is 6.43. The molecule has 82 valence electrons. The quantitative estimate of drug-likeness (QED) is 0.743. The minimum Gasteiger partial charge on any atom is -0.325 e. The summed E-state index contributed by atoms with van der Waals surface area (Å²) >= 11 is 0. The first kappa shape index (κ1) is 10.4. The molecule has 0 heterocycles. The van der Waals surface area contributed by atoms with Crippen LogP contribution in [-0.4, -0.2) is 11.2 Å². The number of hydrogen-bond acceptors (Lipinski definition) is 1. The fourth-order valence-electron chi connectivity index (χ4n) is 3.46. The number of nitrogens with two attached hydrogens (primary N) is 1. The van der Waals surface area contributed by atoms with Gasteiger partial charge in [0.2, 0.25) is 0 Å². The predicted octanol–water partition coefficient (Wildman–Crippen LogP) is 3.03. The zero-order valence-corrected chi connectivity index (χ0v) is 9.35. The zero-order valence-electron chi connectivity index (χ0n) is 9.35. The third kappa shape index (κ3) is 1.81. The van der Waals surface area contributed by atoms with Crippen LogP contribution in [0.15, 0.2) is 0 Å². The van der Waals surface area contributed by atoms with E-state index in [4.69, 9.17) is 5.73 Å². The second-order valence-corrected chi connectivity index (χ2v) is 5.82. The second-order valence-electron chi connectivity index (χ2n) is 5.82. The first-order valence-electron chi connectivity index (χ1n) is 5.91. The van der Waals surface area contributed by atoms with Gasteiger partial charge in [0.05, 0.1) is 0 Å². The molecule has 14 heavy (non-hydrogen) atoms. The minimum absolute atomic E-state index is 0.0949. The van der Waals surface area contributed by atoms with Crippen LogP contribution in [0.2, 0.25) is 0 Å². The number of rotatable bonds is 3. The van der Waals surface area contributed by atoms with Crippen LogP contribution >= 0.6 is 0 Å². The lowest BCUT2D eigenvalue weighted by Gasteiger charge is -2.37. The summed E-state index contributed by atoms with van der Waals surface area (Å²) in [6.45, 7) is 3.42. The van der Waals surface area contributed by atoms with Crippen LogP contribution in [0.4, 0.5) is 4.39 Å². The van der Waals surface area contributed by atoms with E-state index in [1.165, 1.54) is 25.7 Å². The lowest BCUT2D eigenvalue weighted by Crippen LogP contribution is -2.47. The Bertz CT molecular complexity index is 204. The van der Waals surface area contributed by atoms with Crippen LogP contribution in [0, 0.1) is 11.8 Å². The summed E-state index contributed by atoms with van der Waals surface area (Å²) in [7, 11) is 0. The van der Waals surface area contributed by atoms with Gasteiger partial charge in [-0.25, -0.2) is 4.39 Å². The Morgan fingerprint density at radius 3 is 2.14 bits per heavy atom. The Hall–Kier alpha value is -0.110. The molecule has 0 aromatic rings. The van der Waals surface area contributed by atoms with Crippen LogP contribution in [0.25, 0.3) is 0 Å². The molecule has 2 saturated carbocycles. The van der Waals surface area contributed by atoms with Gasteiger partial charge in [-0.3, -0.25) is 0 Å². The van der Waals surface area contributed by atoms with Gasteiger partial charge >= 0.3 is 0 Å². The second kappa shape index (κ2) is 3.19. The molecule has 0 saturated heterocycles. The summed E-state index contributed by atoms with van der Waals surface area (Å²) < 4.78 is 14.2. The van der Waals surface area contributed by atoms with E-state index in [1.54, 1.807) is 13.8 Å². The molecule has 0 aromatic carbocycles. The number of hydrogen-bond donors (Lipinski definition) is 1. The van der Waals surface area contributed by atoms with Gasteiger partial charge in [0.25, 0.3) is 0 Å². The van der Waals surface area contributed by atoms with Gasteiger partial charge in [-0.15, -0.1) is 0 Å². The molecule has 2 rings (SSSR count). The van der Waals surface area contributed by atoms with Crippen molar-refractivity contribution >= 4 is 0 Å². The molecule has 0 bridgehead atoms. The third-order valence-electron chi connectivity index (χ3n) is 4.06. The van der Waals surface area contributed by atoms with Gasteiger partial charge in [0, 0.05) is 11.5 Å². The maximum Gasteiger partial charge on any atom is 0.110 e. The number of alkyl halides is 1. The SMILES string of the molecule is CC(C)(F)C(C1CCCC1)C1(N)CC1. The van der Waals surface area contributed by atoms with Gasteiger partial charge in [-0.2, -0.15) is 0 Å². The summed E-state index contributed by atoms with van der Waals surface area (Å²) in [6, 6.07) is 0. The highest BCUT2D eigenvalue weighted by atomic mass is 19.1.